The third-order valence-corrected chi connectivity index (χ3v) is 2.82. The maximum absolute atomic E-state index is 10.3. The Morgan fingerprint density at radius 2 is 1.79 bits per heavy atom. The zero-order valence-electron chi connectivity index (χ0n) is 11.2. The van der Waals surface area contributed by atoms with Crippen molar-refractivity contribution in [2.24, 2.45) is 0 Å². The van der Waals surface area contributed by atoms with Crippen LogP contribution in [-0.2, 0) is 0 Å². The normalized spacial score (nSPS) is 12.2. The van der Waals surface area contributed by atoms with Crippen molar-refractivity contribution in [2.45, 2.75) is 20.0 Å². The molecule has 0 aliphatic heterocycles. The van der Waals surface area contributed by atoms with Gasteiger partial charge in [-0.1, -0.05) is 6.07 Å². The van der Waals surface area contributed by atoms with E-state index in [-0.39, 0.29) is 0 Å². The molecule has 0 spiro atoms. The molecule has 2 N–H and O–H groups in total. The van der Waals surface area contributed by atoms with E-state index in [1.54, 1.807) is 12.4 Å². The van der Waals surface area contributed by atoms with Crippen LogP contribution in [0.25, 0.3) is 0 Å². The van der Waals surface area contributed by atoms with Gasteiger partial charge in [0.15, 0.2) is 11.5 Å². The highest BCUT2D eigenvalue weighted by molar-refractivity contribution is 5.45. The van der Waals surface area contributed by atoms with Crippen LogP contribution >= 0.6 is 0 Å². The van der Waals surface area contributed by atoms with Crippen LogP contribution in [0.4, 0.5) is 0 Å². The number of H-pyrrole nitrogens is 1. The molecule has 1 heterocycles. The average Bonchev–Trinajstić information content (AvgIpc) is 2.94. The van der Waals surface area contributed by atoms with E-state index in [0.29, 0.717) is 24.7 Å². The molecule has 102 valence electrons. The molecule has 0 aliphatic carbocycles. The van der Waals surface area contributed by atoms with Gasteiger partial charge in [0, 0.05) is 18.0 Å². The minimum atomic E-state index is -0.666. The number of nitrogens with one attached hydrogen (secondary N) is 1. The highest BCUT2D eigenvalue weighted by Crippen LogP contribution is 2.32. The molecular weight excluding hydrogens is 242 g/mol. The number of ether oxygens (including phenoxy) is 2. The number of hydrogen-bond donors (Lipinski definition) is 2. The third kappa shape index (κ3) is 3.09. The predicted octanol–water partition coefficient (Wildman–Crippen LogP) is 2.89. The molecular formula is C15H19NO3. The van der Waals surface area contributed by atoms with Crippen molar-refractivity contribution in [2.75, 3.05) is 13.2 Å². The summed E-state index contributed by atoms with van der Waals surface area (Å²) in [7, 11) is 0. The minimum absolute atomic E-state index is 0.559. The van der Waals surface area contributed by atoms with Crippen LogP contribution < -0.4 is 9.47 Å². The van der Waals surface area contributed by atoms with Crippen molar-refractivity contribution in [3.05, 3.63) is 47.8 Å². The van der Waals surface area contributed by atoms with Gasteiger partial charge in [0.25, 0.3) is 0 Å². The van der Waals surface area contributed by atoms with Crippen LogP contribution in [0.15, 0.2) is 36.7 Å². The molecule has 1 aromatic carbocycles. The van der Waals surface area contributed by atoms with Gasteiger partial charge in [-0.15, -0.1) is 0 Å². The second kappa shape index (κ2) is 6.29. The van der Waals surface area contributed by atoms with Gasteiger partial charge in [-0.25, -0.2) is 0 Å². The Labute approximate surface area is 113 Å². The van der Waals surface area contributed by atoms with Crippen molar-refractivity contribution in [3.8, 4) is 11.5 Å². The van der Waals surface area contributed by atoms with E-state index in [0.717, 1.165) is 11.1 Å². The monoisotopic (exact) mass is 261 g/mol. The predicted molar refractivity (Wildman–Crippen MR) is 73.6 cm³/mol. The molecule has 0 radical (unpaired) electrons. The molecule has 2 aromatic rings. The van der Waals surface area contributed by atoms with E-state index in [1.165, 1.54) is 0 Å². The summed E-state index contributed by atoms with van der Waals surface area (Å²) in [6.45, 7) is 4.99. The molecule has 1 aromatic heterocycles. The van der Waals surface area contributed by atoms with Gasteiger partial charge in [-0.3, -0.25) is 0 Å². The average molecular weight is 261 g/mol. The molecule has 0 saturated heterocycles. The number of hydrogen-bond acceptors (Lipinski definition) is 3. The Morgan fingerprint density at radius 1 is 1.05 bits per heavy atom. The summed E-state index contributed by atoms with van der Waals surface area (Å²) in [5.41, 5.74) is 1.61. The van der Waals surface area contributed by atoms with E-state index < -0.39 is 6.10 Å². The number of benzene rings is 1. The van der Waals surface area contributed by atoms with Crippen molar-refractivity contribution in [1.29, 1.82) is 0 Å². The van der Waals surface area contributed by atoms with Gasteiger partial charge < -0.3 is 19.6 Å². The molecule has 4 heteroatoms. The molecule has 2 rings (SSSR count). The highest BCUT2D eigenvalue weighted by atomic mass is 16.5. The Bertz CT molecular complexity index is 508. The Kier molecular flexibility index (Phi) is 4.47. The highest BCUT2D eigenvalue weighted by Gasteiger charge is 2.14. The van der Waals surface area contributed by atoms with Crippen LogP contribution in [0.5, 0.6) is 11.5 Å². The standard InChI is InChI=1S/C15H19NO3/c1-3-18-13-6-5-11(9-14(13)19-4-2)15(17)12-7-8-16-10-12/h5-10,15-17H,3-4H2,1-2H3. The first-order valence-electron chi connectivity index (χ1n) is 6.46. The fourth-order valence-electron chi connectivity index (χ4n) is 1.94. The molecule has 1 atom stereocenters. The van der Waals surface area contributed by atoms with Gasteiger partial charge in [0.05, 0.1) is 13.2 Å². The van der Waals surface area contributed by atoms with Gasteiger partial charge in [0.1, 0.15) is 6.10 Å². The lowest BCUT2D eigenvalue weighted by Gasteiger charge is -2.15. The summed E-state index contributed by atoms with van der Waals surface area (Å²) in [4.78, 5) is 2.94. The first-order valence-corrected chi connectivity index (χ1v) is 6.46. The lowest BCUT2D eigenvalue weighted by molar-refractivity contribution is 0.219. The van der Waals surface area contributed by atoms with Gasteiger partial charge >= 0.3 is 0 Å². The lowest BCUT2D eigenvalue weighted by Crippen LogP contribution is -2.02. The number of aliphatic hydroxyl groups is 1. The molecule has 0 amide bonds. The van der Waals surface area contributed by atoms with E-state index in [2.05, 4.69) is 4.98 Å². The van der Waals surface area contributed by atoms with Gasteiger partial charge in [-0.2, -0.15) is 0 Å². The third-order valence-electron chi connectivity index (χ3n) is 2.82. The molecule has 1 unspecified atom stereocenters. The number of aromatic amines is 1. The SMILES string of the molecule is CCOc1ccc(C(O)c2cc[nH]c2)cc1OCC. The first kappa shape index (κ1) is 13.5. The molecule has 0 bridgehead atoms. The molecule has 19 heavy (non-hydrogen) atoms. The van der Waals surface area contributed by atoms with Crippen molar-refractivity contribution >= 4 is 0 Å². The van der Waals surface area contributed by atoms with Crippen molar-refractivity contribution in [3.63, 3.8) is 0 Å². The quantitative estimate of drug-likeness (QED) is 0.840. The molecule has 0 aliphatic rings. The molecule has 4 nitrogen and oxygen atoms in total. The van der Waals surface area contributed by atoms with Crippen LogP contribution in [0.3, 0.4) is 0 Å². The topological polar surface area (TPSA) is 54.5 Å². The zero-order chi connectivity index (χ0) is 13.7. The second-order valence-electron chi connectivity index (χ2n) is 4.12. The summed E-state index contributed by atoms with van der Waals surface area (Å²) < 4.78 is 11.1. The summed E-state index contributed by atoms with van der Waals surface area (Å²) in [5.74, 6) is 1.37. The van der Waals surface area contributed by atoms with Gasteiger partial charge in [0.2, 0.25) is 0 Å². The maximum atomic E-state index is 10.3. The summed E-state index contributed by atoms with van der Waals surface area (Å²) in [6.07, 6.45) is 2.90. The smallest absolute Gasteiger partial charge is 0.161 e. The van der Waals surface area contributed by atoms with Crippen LogP contribution in [-0.4, -0.2) is 23.3 Å². The fraction of sp³-hybridized carbons (Fsp3) is 0.333. The maximum Gasteiger partial charge on any atom is 0.161 e. The Balaban J connectivity index is 2.29. The van der Waals surface area contributed by atoms with Crippen molar-refractivity contribution < 1.29 is 14.6 Å². The fourth-order valence-corrected chi connectivity index (χ4v) is 1.94. The first-order chi connectivity index (χ1) is 9.26. The summed E-state index contributed by atoms with van der Waals surface area (Å²) >= 11 is 0. The molecule has 0 saturated carbocycles. The number of rotatable bonds is 6. The Hall–Kier alpha value is -1.94. The molecule has 0 fully saturated rings. The Morgan fingerprint density at radius 3 is 2.42 bits per heavy atom. The van der Waals surface area contributed by atoms with E-state index in [1.807, 2.05) is 38.1 Å². The largest absolute Gasteiger partial charge is 0.490 e. The zero-order valence-corrected chi connectivity index (χ0v) is 11.2. The van der Waals surface area contributed by atoms with E-state index in [4.69, 9.17) is 9.47 Å². The minimum Gasteiger partial charge on any atom is -0.490 e. The second-order valence-corrected chi connectivity index (χ2v) is 4.12. The summed E-state index contributed by atoms with van der Waals surface area (Å²) in [6, 6.07) is 7.36. The van der Waals surface area contributed by atoms with E-state index >= 15 is 0 Å². The lowest BCUT2D eigenvalue weighted by atomic mass is 10.0. The number of aliphatic hydroxyl groups excluding tert-OH is 1. The van der Waals surface area contributed by atoms with Crippen LogP contribution in [0.1, 0.15) is 31.1 Å². The van der Waals surface area contributed by atoms with Gasteiger partial charge in [-0.05, 0) is 37.6 Å². The van der Waals surface area contributed by atoms with Crippen molar-refractivity contribution in [1.82, 2.24) is 4.98 Å². The van der Waals surface area contributed by atoms with Crippen LogP contribution in [0.2, 0.25) is 0 Å². The van der Waals surface area contributed by atoms with Crippen LogP contribution in [0, 0.1) is 0 Å². The van der Waals surface area contributed by atoms with E-state index in [9.17, 15) is 5.11 Å². The number of aromatic nitrogens is 1. The summed E-state index contributed by atoms with van der Waals surface area (Å²) in [5, 5.41) is 10.3.